The molecule has 5 heteroatoms. The minimum Gasteiger partial charge on any atom is -0.354 e. The number of carbonyl (C=O) groups is 1. The molecule has 0 aromatic heterocycles. The molecule has 0 aliphatic heterocycles. The second-order valence-electron chi connectivity index (χ2n) is 5.20. The quantitative estimate of drug-likeness (QED) is 0.765. The highest BCUT2D eigenvalue weighted by atomic mass is 32.2. The number of nitrogens with two attached hydrogens (primary N) is 1. The van der Waals surface area contributed by atoms with E-state index in [4.69, 9.17) is 5.73 Å². The van der Waals surface area contributed by atoms with Gasteiger partial charge in [0.2, 0.25) is 5.91 Å². The van der Waals surface area contributed by atoms with Gasteiger partial charge in [0.05, 0.1) is 5.54 Å². The van der Waals surface area contributed by atoms with Crippen LogP contribution in [0.3, 0.4) is 0 Å². The molecule has 0 saturated carbocycles. The van der Waals surface area contributed by atoms with Crippen molar-refractivity contribution in [1.29, 1.82) is 0 Å². The number of carbonyl (C=O) groups excluding carboxylic acids is 1. The van der Waals surface area contributed by atoms with E-state index in [-0.39, 0.29) is 5.91 Å². The van der Waals surface area contributed by atoms with Crippen LogP contribution in [-0.2, 0) is 21.3 Å². The Hall–Kier alpha value is -1.20. The maximum absolute atomic E-state index is 11.9. The zero-order valence-corrected chi connectivity index (χ0v) is 13.0. The first-order valence-electron chi connectivity index (χ1n) is 6.92. The molecule has 2 atom stereocenters. The molecule has 0 saturated heterocycles. The minimum atomic E-state index is -0.973. The van der Waals surface area contributed by atoms with Gasteiger partial charge in [-0.2, -0.15) is 0 Å². The van der Waals surface area contributed by atoms with Crippen LogP contribution >= 0.6 is 0 Å². The summed E-state index contributed by atoms with van der Waals surface area (Å²) in [5, 5.41) is 2.77. The SMILES string of the molecule is CCCC(C)(N)C(=O)NCCS(=O)Cc1ccccc1. The molecule has 4 nitrogen and oxygen atoms in total. The molecule has 20 heavy (non-hydrogen) atoms. The number of amides is 1. The number of hydrogen-bond donors (Lipinski definition) is 2. The summed E-state index contributed by atoms with van der Waals surface area (Å²) in [6, 6.07) is 9.70. The van der Waals surface area contributed by atoms with Gasteiger partial charge in [-0.3, -0.25) is 9.00 Å². The van der Waals surface area contributed by atoms with E-state index in [0.29, 0.717) is 24.5 Å². The third-order valence-electron chi connectivity index (χ3n) is 3.07. The van der Waals surface area contributed by atoms with E-state index >= 15 is 0 Å². The zero-order valence-electron chi connectivity index (χ0n) is 12.2. The second-order valence-corrected chi connectivity index (χ2v) is 6.77. The predicted molar refractivity (Wildman–Crippen MR) is 83.7 cm³/mol. The summed E-state index contributed by atoms with van der Waals surface area (Å²) in [6.07, 6.45) is 1.51. The van der Waals surface area contributed by atoms with Crippen molar-refractivity contribution in [2.45, 2.75) is 38.0 Å². The first kappa shape index (κ1) is 16.9. The van der Waals surface area contributed by atoms with E-state index in [1.807, 2.05) is 37.3 Å². The Morgan fingerprint density at radius 3 is 2.60 bits per heavy atom. The lowest BCUT2D eigenvalue weighted by atomic mass is 9.97. The van der Waals surface area contributed by atoms with Gasteiger partial charge in [0.1, 0.15) is 0 Å². The summed E-state index contributed by atoms with van der Waals surface area (Å²) in [5.41, 5.74) is 6.13. The van der Waals surface area contributed by atoms with E-state index < -0.39 is 16.3 Å². The maximum atomic E-state index is 11.9. The second kappa shape index (κ2) is 8.17. The van der Waals surface area contributed by atoms with Gasteiger partial charge < -0.3 is 11.1 Å². The van der Waals surface area contributed by atoms with Gasteiger partial charge in [-0.15, -0.1) is 0 Å². The van der Waals surface area contributed by atoms with Crippen molar-refractivity contribution in [2.24, 2.45) is 5.73 Å². The highest BCUT2D eigenvalue weighted by molar-refractivity contribution is 7.84. The van der Waals surface area contributed by atoms with E-state index in [9.17, 15) is 9.00 Å². The zero-order chi connectivity index (χ0) is 15.0. The smallest absolute Gasteiger partial charge is 0.239 e. The molecule has 1 amide bonds. The summed E-state index contributed by atoms with van der Waals surface area (Å²) in [7, 11) is -0.973. The lowest BCUT2D eigenvalue weighted by molar-refractivity contribution is -0.125. The fourth-order valence-corrected chi connectivity index (χ4v) is 2.98. The van der Waals surface area contributed by atoms with Gasteiger partial charge in [0.15, 0.2) is 0 Å². The van der Waals surface area contributed by atoms with Crippen LogP contribution in [0.1, 0.15) is 32.3 Å². The Labute approximate surface area is 123 Å². The van der Waals surface area contributed by atoms with E-state index in [0.717, 1.165) is 12.0 Å². The minimum absolute atomic E-state index is 0.170. The lowest BCUT2D eigenvalue weighted by Gasteiger charge is -2.22. The molecular weight excluding hydrogens is 272 g/mol. The van der Waals surface area contributed by atoms with Gasteiger partial charge in [0.25, 0.3) is 0 Å². The van der Waals surface area contributed by atoms with E-state index in [1.54, 1.807) is 6.92 Å². The molecule has 0 heterocycles. The van der Waals surface area contributed by atoms with Crippen LogP contribution in [0.5, 0.6) is 0 Å². The van der Waals surface area contributed by atoms with Crippen molar-refractivity contribution in [3.05, 3.63) is 35.9 Å². The van der Waals surface area contributed by atoms with Gasteiger partial charge in [-0.1, -0.05) is 43.7 Å². The molecule has 1 aromatic carbocycles. The predicted octanol–water partition coefficient (Wildman–Crippen LogP) is 1.57. The molecule has 0 spiro atoms. The summed E-state index contributed by atoms with van der Waals surface area (Å²) in [5.74, 6) is 0.796. The highest BCUT2D eigenvalue weighted by Crippen LogP contribution is 2.08. The Balaban J connectivity index is 2.30. The molecular formula is C15H24N2O2S. The van der Waals surface area contributed by atoms with Gasteiger partial charge in [-0.25, -0.2) is 0 Å². The average Bonchev–Trinajstić information content (AvgIpc) is 2.39. The fourth-order valence-electron chi connectivity index (χ4n) is 1.95. The average molecular weight is 296 g/mol. The Morgan fingerprint density at radius 2 is 2.00 bits per heavy atom. The summed E-state index contributed by atoms with van der Waals surface area (Å²) in [6.45, 7) is 4.12. The number of benzene rings is 1. The Kier molecular flexibility index (Phi) is 6.88. The van der Waals surface area contributed by atoms with Crippen LogP contribution in [0, 0.1) is 0 Å². The van der Waals surface area contributed by atoms with Gasteiger partial charge in [-0.05, 0) is 18.9 Å². The van der Waals surface area contributed by atoms with Crippen LogP contribution < -0.4 is 11.1 Å². The lowest BCUT2D eigenvalue weighted by Crippen LogP contribution is -2.52. The Bertz CT molecular complexity index is 446. The van der Waals surface area contributed by atoms with Gasteiger partial charge >= 0.3 is 0 Å². The van der Waals surface area contributed by atoms with Crippen LogP contribution in [0.25, 0.3) is 0 Å². The molecule has 0 radical (unpaired) electrons. The number of rotatable bonds is 8. The third-order valence-corrected chi connectivity index (χ3v) is 4.39. The summed E-state index contributed by atoms with van der Waals surface area (Å²) < 4.78 is 11.9. The van der Waals surface area contributed by atoms with E-state index in [1.165, 1.54) is 0 Å². The highest BCUT2D eigenvalue weighted by Gasteiger charge is 2.26. The molecule has 0 aliphatic rings. The Morgan fingerprint density at radius 1 is 1.35 bits per heavy atom. The van der Waals surface area contributed by atoms with Crippen molar-refractivity contribution in [3.8, 4) is 0 Å². The molecule has 0 fully saturated rings. The van der Waals surface area contributed by atoms with Crippen molar-refractivity contribution in [2.75, 3.05) is 12.3 Å². The largest absolute Gasteiger partial charge is 0.354 e. The molecule has 112 valence electrons. The molecule has 1 aromatic rings. The first-order chi connectivity index (χ1) is 9.45. The molecule has 1 rings (SSSR count). The van der Waals surface area contributed by atoms with Crippen molar-refractivity contribution >= 4 is 16.7 Å². The van der Waals surface area contributed by atoms with Crippen molar-refractivity contribution in [1.82, 2.24) is 5.32 Å². The normalized spacial score (nSPS) is 15.3. The topological polar surface area (TPSA) is 72.2 Å². The first-order valence-corrected chi connectivity index (χ1v) is 8.40. The van der Waals surface area contributed by atoms with Crippen LogP contribution in [0.4, 0.5) is 0 Å². The standard InChI is InChI=1S/C15H24N2O2S/c1-3-9-15(2,16)14(18)17-10-11-20(19)12-13-7-5-4-6-8-13/h4-8H,3,9-12,16H2,1-2H3,(H,17,18). The molecule has 0 bridgehead atoms. The van der Waals surface area contributed by atoms with Crippen LogP contribution in [-0.4, -0.2) is 28.0 Å². The maximum Gasteiger partial charge on any atom is 0.239 e. The van der Waals surface area contributed by atoms with Crippen LogP contribution in [0.15, 0.2) is 30.3 Å². The monoisotopic (exact) mass is 296 g/mol. The van der Waals surface area contributed by atoms with Crippen LogP contribution in [0.2, 0.25) is 0 Å². The molecule has 2 unspecified atom stereocenters. The summed E-state index contributed by atoms with van der Waals surface area (Å²) >= 11 is 0. The van der Waals surface area contributed by atoms with Crippen molar-refractivity contribution in [3.63, 3.8) is 0 Å². The molecule has 0 aliphatic carbocycles. The van der Waals surface area contributed by atoms with Gasteiger partial charge in [0, 0.05) is 28.9 Å². The number of nitrogens with one attached hydrogen (secondary N) is 1. The number of hydrogen-bond acceptors (Lipinski definition) is 3. The fraction of sp³-hybridized carbons (Fsp3) is 0.533. The summed E-state index contributed by atoms with van der Waals surface area (Å²) in [4.78, 5) is 11.9. The third kappa shape index (κ3) is 5.84. The van der Waals surface area contributed by atoms with Crippen molar-refractivity contribution < 1.29 is 9.00 Å². The van der Waals surface area contributed by atoms with E-state index in [2.05, 4.69) is 5.32 Å². The molecule has 3 N–H and O–H groups in total.